The number of benzene rings is 1. The molecule has 0 saturated carbocycles. The van der Waals surface area contributed by atoms with E-state index in [1.54, 1.807) is 42.7 Å². The van der Waals surface area contributed by atoms with Crippen molar-refractivity contribution in [2.45, 2.75) is 12.8 Å². The predicted molar refractivity (Wildman–Crippen MR) is 80.2 cm³/mol. The fraction of sp³-hybridized carbons (Fsp3) is 0.133. The molecule has 0 saturated heterocycles. The van der Waals surface area contributed by atoms with Crippen LogP contribution in [0, 0.1) is 6.92 Å². The summed E-state index contributed by atoms with van der Waals surface area (Å²) in [5, 5.41) is 14.6. The molecule has 1 aromatic heterocycles. The summed E-state index contributed by atoms with van der Waals surface area (Å²) < 4.78 is 0. The maximum absolute atomic E-state index is 12.5. The Morgan fingerprint density at radius 2 is 2.05 bits per heavy atom. The summed E-state index contributed by atoms with van der Waals surface area (Å²) in [5.74, 6) is -1.41. The first kappa shape index (κ1) is 14.5. The Morgan fingerprint density at radius 1 is 1.33 bits per heavy atom. The average molecular weight is 284 g/mol. The summed E-state index contributed by atoms with van der Waals surface area (Å²) >= 11 is 0. The van der Waals surface area contributed by atoms with Gasteiger partial charge in [0.15, 0.2) is 5.84 Å². The van der Waals surface area contributed by atoms with E-state index < -0.39 is 5.92 Å². The lowest BCUT2D eigenvalue weighted by atomic mass is 9.97. The van der Waals surface area contributed by atoms with Gasteiger partial charge >= 0.3 is 0 Å². The Labute approximate surface area is 122 Å². The molecule has 4 N–H and O–H groups in total. The van der Waals surface area contributed by atoms with Crippen molar-refractivity contribution in [3.8, 4) is 0 Å². The molecule has 1 heterocycles. The summed E-state index contributed by atoms with van der Waals surface area (Å²) in [6.07, 6.45) is 3.20. The molecule has 0 fully saturated rings. The molecular formula is C15H16N4O2. The number of anilines is 1. The van der Waals surface area contributed by atoms with Crippen LogP contribution in [0.4, 0.5) is 5.69 Å². The molecule has 0 bridgehead atoms. The van der Waals surface area contributed by atoms with E-state index in [-0.39, 0.29) is 11.7 Å². The van der Waals surface area contributed by atoms with Crippen molar-refractivity contribution in [2.24, 2.45) is 10.9 Å². The van der Waals surface area contributed by atoms with Crippen LogP contribution in [0.3, 0.4) is 0 Å². The second kappa shape index (κ2) is 6.51. The number of rotatable bonds is 4. The lowest BCUT2D eigenvalue weighted by Crippen LogP contribution is -2.33. The number of carbonyl (C=O) groups excluding carboxylic acids is 1. The quantitative estimate of drug-likeness (QED) is 0.345. The van der Waals surface area contributed by atoms with Crippen LogP contribution in [-0.2, 0) is 4.79 Å². The Kier molecular flexibility index (Phi) is 4.50. The van der Waals surface area contributed by atoms with Gasteiger partial charge in [-0.3, -0.25) is 9.78 Å². The van der Waals surface area contributed by atoms with Gasteiger partial charge in [0, 0.05) is 6.20 Å². The number of nitrogens with one attached hydrogen (secondary N) is 1. The number of aromatic nitrogens is 1. The van der Waals surface area contributed by atoms with Gasteiger partial charge in [0.25, 0.3) is 0 Å². The van der Waals surface area contributed by atoms with E-state index in [1.165, 1.54) is 0 Å². The van der Waals surface area contributed by atoms with Crippen molar-refractivity contribution in [2.75, 3.05) is 5.32 Å². The summed E-state index contributed by atoms with van der Waals surface area (Å²) in [6, 6.07) is 10.7. The number of pyridine rings is 1. The second-order valence-corrected chi connectivity index (χ2v) is 4.55. The molecule has 6 nitrogen and oxygen atoms in total. The molecule has 1 aromatic carbocycles. The molecule has 2 aromatic rings. The summed E-state index contributed by atoms with van der Waals surface area (Å²) in [7, 11) is 0. The molecule has 21 heavy (non-hydrogen) atoms. The standard InChI is InChI=1S/C15H16N4O2/c1-10-7-8-17-9-12(10)18-15(20)13(14(16)19-21)11-5-3-2-4-6-11/h2-9,13,21H,1H3,(H2,16,19)(H,18,20). The molecule has 6 heteroatoms. The number of oxime groups is 1. The highest BCUT2D eigenvalue weighted by Crippen LogP contribution is 2.20. The number of nitrogens with two attached hydrogens (primary N) is 1. The highest BCUT2D eigenvalue weighted by molar-refractivity contribution is 6.12. The van der Waals surface area contributed by atoms with Crippen LogP contribution in [0.1, 0.15) is 17.0 Å². The fourth-order valence-corrected chi connectivity index (χ4v) is 1.96. The number of nitrogens with zero attached hydrogens (tertiary/aromatic N) is 2. The molecule has 1 atom stereocenters. The maximum Gasteiger partial charge on any atom is 0.239 e. The van der Waals surface area contributed by atoms with E-state index in [1.807, 2.05) is 13.0 Å². The van der Waals surface area contributed by atoms with E-state index in [9.17, 15) is 4.79 Å². The molecule has 0 radical (unpaired) electrons. The van der Waals surface area contributed by atoms with Gasteiger partial charge in [-0.25, -0.2) is 0 Å². The molecular weight excluding hydrogens is 268 g/mol. The molecule has 108 valence electrons. The van der Waals surface area contributed by atoms with Crippen molar-refractivity contribution in [1.29, 1.82) is 0 Å². The van der Waals surface area contributed by atoms with E-state index in [4.69, 9.17) is 10.9 Å². The lowest BCUT2D eigenvalue weighted by molar-refractivity contribution is -0.116. The maximum atomic E-state index is 12.5. The third-order valence-electron chi connectivity index (χ3n) is 3.10. The molecule has 2 rings (SSSR count). The zero-order valence-electron chi connectivity index (χ0n) is 11.5. The number of amidine groups is 1. The first-order valence-corrected chi connectivity index (χ1v) is 6.37. The number of aryl methyl sites for hydroxylation is 1. The molecule has 0 spiro atoms. The lowest BCUT2D eigenvalue weighted by Gasteiger charge is -2.16. The fourth-order valence-electron chi connectivity index (χ4n) is 1.96. The predicted octanol–water partition coefficient (Wildman–Crippen LogP) is 1.86. The van der Waals surface area contributed by atoms with E-state index >= 15 is 0 Å². The van der Waals surface area contributed by atoms with Crippen LogP contribution in [0.25, 0.3) is 0 Å². The summed E-state index contributed by atoms with van der Waals surface area (Å²) in [4.78, 5) is 16.4. The van der Waals surface area contributed by atoms with Crippen LogP contribution in [0.2, 0.25) is 0 Å². The van der Waals surface area contributed by atoms with Crippen LogP contribution in [0.5, 0.6) is 0 Å². The van der Waals surface area contributed by atoms with Crippen molar-refractivity contribution >= 4 is 17.4 Å². The summed E-state index contributed by atoms with van der Waals surface area (Å²) in [6.45, 7) is 1.86. The van der Waals surface area contributed by atoms with Crippen LogP contribution < -0.4 is 11.1 Å². The first-order chi connectivity index (χ1) is 10.1. The zero-order valence-corrected chi connectivity index (χ0v) is 11.5. The van der Waals surface area contributed by atoms with Gasteiger partial charge in [-0.05, 0) is 24.1 Å². The van der Waals surface area contributed by atoms with E-state index in [2.05, 4.69) is 15.5 Å². The van der Waals surface area contributed by atoms with Crippen LogP contribution in [0.15, 0.2) is 53.9 Å². The SMILES string of the molecule is Cc1ccncc1NC(=O)C(C(N)=NO)c1ccccc1. The molecule has 0 aliphatic rings. The normalized spacial score (nSPS) is 12.7. The Hall–Kier alpha value is -2.89. The monoisotopic (exact) mass is 284 g/mol. The Balaban J connectivity index is 2.30. The van der Waals surface area contributed by atoms with Gasteiger partial charge < -0.3 is 16.3 Å². The minimum atomic E-state index is -0.865. The van der Waals surface area contributed by atoms with Crippen molar-refractivity contribution in [1.82, 2.24) is 4.98 Å². The summed E-state index contributed by atoms with van der Waals surface area (Å²) in [5.41, 5.74) is 7.78. The zero-order chi connectivity index (χ0) is 15.2. The van der Waals surface area contributed by atoms with Crippen LogP contribution >= 0.6 is 0 Å². The Bertz CT molecular complexity index is 656. The minimum Gasteiger partial charge on any atom is -0.409 e. The smallest absolute Gasteiger partial charge is 0.239 e. The van der Waals surface area contributed by atoms with Gasteiger partial charge in [-0.15, -0.1) is 0 Å². The molecule has 0 aliphatic carbocycles. The van der Waals surface area contributed by atoms with E-state index in [0.29, 0.717) is 11.3 Å². The second-order valence-electron chi connectivity index (χ2n) is 4.55. The Morgan fingerprint density at radius 3 is 2.67 bits per heavy atom. The van der Waals surface area contributed by atoms with Gasteiger partial charge in [0.2, 0.25) is 5.91 Å². The van der Waals surface area contributed by atoms with Crippen molar-refractivity contribution in [3.05, 3.63) is 59.9 Å². The van der Waals surface area contributed by atoms with Crippen molar-refractivity contribution in [3.63, 3.8) is 0 Å². The third kappa shape index (κ3) is 3.36. The third-order valence-corrected chi connectivity index (χ3v) is 3.10. The average Bonchev–Trinajstić information content (AvgIpc) is 2.50. The van der Waals surface area contributed by atoms with E-state index in [0.717, 1.165) is 5.56 Å². The molecule has 1 unspecified atom stereocenters. The number of hydrogen-bond acceptors (Lipinski definition) is 4. The van der Waals surface area contributed by atoms with Crippen molar-refractivity contribution < 1.29 is 10.0 Å². The highest BCUT2D eigenvalue weighted by atomic mass is 16.4. The number of amides is 1. The largest absolute Gasteiger partial charge is 0.409 e. The van der Waals surface area contributed by atoms with Gasteiger partial charge in [0.1, 0.15) is 5.92 Å². The topological polar surface area (TPSA) is 101 Å². The highest BCUT2D eigenvalue weighted by Gasteiger charge is 2.25. The first-order valence-electron chi connectivity index (χ1n) is 6.37. The molecule has 1 amide bonds. The van der Waals surface area contributed by atoms with Crippen LogP contribution in [-0.4, -0.2) is 21.9 Å². The minimum absolute atomic E-state index is 0.166. The number of hydrogen-bond donors (Lipinski definition) is 3. The van der Waals surface area contributed by atoms with Gasteiger partial charge in [-0.2, -0.15) is 0 Å². The molecule has 0 aliphatic heterocycles. The number of carbonyl (C=O) groups is 1. The van der Waals surface area contributed by atoms with Gasteiger partial charge in [0.05, 0.1) is 11.9 Å². The van der Waals surface area contributed by atoms with Gasteiger partial charge in [-0.1, -0.05) is 35.5 Å².